The van der Waals surface area contributed by atoms with Crippen molar-refractivity contribution in [3.63, 3.8) is 0 Å². The summed E-state index contributed by atoms with van der Waals surface area (Å²) in [5.41, 5.74) is 13.7. The zero-order chi connectivity index (χ0) is 36.0. The molecule has 51 heavy (non-hydrogen) atoms. The Morgan fingerprint density at radius 1 is 1.12 bits per heavy atom. The largest absolute Gasteiger partial charge is 0.473 e. The molecule has 5 N–H and O–H groups in total. The third-order valence-electron chi connectivity index (χ3n) is 9.92. The number of anilines is 2. The van der Waals surface area contributed by atoms with Gasteiger partial charge in [-0.15, -0.1) is 11.3 Å². The fraction of sp³-hybridized carbons (Fsp3) is 0.529. The van der Waals surface area contributed by atoms with Gasteiger partial charge in [0.05, 0.1) is 22.1 Å². The molecule has 272 valence electrons. The third-order valence-corrected chi connectivity index (χ3v) is 10.9. The Balaban J connectivity index is 1.10. The van der Waals surface area contributed by atoms with Gasteiger partial charge in [-0.2, -0.15) is 5.10 Å². The zero-order valence-corrected chi connectivity index (χ0v) is 29.5. The number of pyridine rings is 1. The summed E-state index contributed by atoms with van der Waals surface area (Å²) in [6.45, 7) is 6.57. The van der Waals surface area contributed by atoms with Crippen molar-refractivity contribution in [2.24, 2.45) is 5.73 Å². The van der Waals surface area contributed by atoms with E-state index < -0.39 is 18.9 Å². The SMILES string of the molecule is Cc1nc(OC2CC3CCC(C2)N3C(C)C)c(C(=O)N[C@@H]2CCCN(c3cc(-c4ccc(C(N)=O)c(OCC(F)F)n4)n4ncnc(N)c34)C2)s1. The molecular formula is C34H42F2N10O4S. The number of ether oxygens (including phenoxy) is 2. The summed E-state index contributed by atoms with van der Waals surface area (Å²) in [4.78, 5) is 44.1. The maximum atomic E-state index is 13.8. The van der Waals surface area contributed by atoms with E-state index in [1.165, 1.54) is 42.6 Å². The molecule has 7 rings (SSSR count). The number of thiazole rings is 1. The molecule has 0 aromatic carbocycles. The number of aryl methyl sites for hydroxylation is 1. The van der Waals surface area contributed by atoms with E-state index in [2.05, 4.69) is 49.0 Å². The molecule has 17 heteroatoms. The van der Waals surface area contributed by atoms with Crippen LogP contribution < -0.4 is 31.2 Å². The van der Waals surface area contributed by atoms with Crippen molar-refractivity contribution >= 4 is 40.2 Å². The minimum absolute atomic E-state index is 0.0224. The molecule has 2 unspecified atom stereocenters. The smallest absolute Gasteiger partial charge is 0.272 e. The van der Waals surface area contributed by atoms with Crippen LogP contribution in [0.4, 0.5) is 20.3 Å². The quantitative estimate of drug-likeness (QED) is 0.203. The molecule has 3 aliphatic heterocycles. The van der Waals surface area contributed by atoms with Crippen molar-refractivity contribution in [1.82, 2.24) is 34.8 Å². The number of fused-ring (bicyclic) bond motifs is 3. The minimum Gasteiger partial charge on any atom is -0.473 e. The number of primary amides is 1. The number of halogens is 2. The molecule has 4 aromatic rings. The molecule has 14 nitrogen and oxygen atoms in total. The summed E-state index contributed by atoms with van der Waals surface area (Å²) in [6.07, 6.45) is 4.30. The van der Waals surface area contributed by atoms with Crippen molar-refractivity contribution in [3.05, 3.63) is 40.0 Å². The van der Waals surface area contributed by atoms with Crippen LogP contribution in [0.15, 0.2) is 24.5 Å². The Kier molecular flexibility index (Phi) is 9.67. The van der Waals surface area contributed by atoms with E-state index in [0.29, 0.717) is 64.6 Å². The maximum Gasteiger partial charge on any atom is 0.272 e. The minimum atomic E-state index is -2.78. The van der Waals surface area contributed by atoms with Gasteiger partial charge in [0.1, 0.15) is 23.5 Å². The van der Waals surface area contributed by atoms with Crippen molar-refractivity contribution in [1.29, 1.82) is 0 Å². The molecule has 3 aliphatic rings. The number of aromatic nitrogens is 5. The predicted molar refractivity (Wildman–Crippen MR) is 188 cm³/mol. The number of piperidine rings is 2. The van der Waals surface area contributed by atoms with Gasteiger partial charge in [0, 0.05) is 37.3 Å². The highest BCUT2D eigenvalue weighted by Crippen LogP contribution is 2.40. The Morgan fingerprint density at radius 3 is 2.59 bits per heavy atom. The Labute approximate surface area is 297 Å². The first kappa shape index (κ1) is 34.8. The summed E-state index contributed by atoms with van der Waals surface area (Å²) in [6, 6.07) is 6.03. The number of nitrogens with zero attached hydrogens (tertiary/aromatic N) is 7. The van der Waals surface area contributed by atoms with E-state index in [-0.39, 0.29) is 35.3 Å². The number of hydrogen-bond acceptors (Lipinski definition) is 12. The van der Waals surface area contributed by atoms with Crippen LogP contribution in [0.25, 0.3) is 16.9 Å². The Bertz CT molecular complexity index is 1920. The van der Waals surface area contributed by atoms with E-state index >= 15 is 0 Å². The van der Waals surface area contributed by atoms with E-state index in [0.717, 1.165) is 30.7 Å². The van der Waals surface area contributed by atoms with Crippen LogP contribution in [-0.4, -0.2) is 97.7 Å². The predicted octanol–water partition coefficient (Wildman–Crippen LogP) is 4.06. The van der Waals surface area contributed by atoms with E-state index in [9.17, 15) is 18.4 Å². The number of nitrogens with one attached hydrogen (secondary N) is 1. The second-order valence-electron chi connectivity index (χ2n) is 13.7. The lowest BCUT2D eigenvalue weighted by Gasteiger charge is -2.41. The highest BCUT2D eigenvalue weighted by atomic mass is 32.1. The number of amides is 2. The van der Waals surface area contributed by atoms with E-state index in [1.807, 2.05) is 13.0 Å². The van der Waals surface area contributed by atoms with Gasteiger partial charge in [0.25, 0.3) is 18.2 Å². The van der Waals surface area contributed by atoms with Gasteiger partial charge in [-0.3, -0.25) is 14.5 Å². The molecule has 3 atom stereocenters. The molecule has 0 aliphatic carbocycles. The van der Waals surface area contributed by atoms with Gasteiger partial charge in [0.2, 0.25) is 11.8 Å². The molecule has 0 saturated carbocycles. The van der Waals surface area contributed by atoms with Gasteiger partial charge in [-0.25, -0.2) is 28.2 Å². The van der Waals surface area contributed by atoms with Crippen LogP contribution in [0.5, 0.6) is 11.8 Å². The lowest BCUT2D eigenvalue weighted by atomic mass is 9.98. The zero-order valence-electron chi connectivity index (χ0n) is 28.7. The molecule has 4 aromatic heterocycles. The molecule has 0 spiro atoms. The molecule has 3 fully saturated rings. The summed E-state index contributed by atoms with van der Waals surface area (Å²) in [5.74, 6) is -0.766. The second kappa shape index (κ2) is 14.2. The number of nitrogen functional groups attached to an aromatic ring is 1. The third kappa shape index (κ3) is 7.00. The lowest BCUT2D eigenvalue weighted by molar-refractivity contribution is 0.0286. The Morgan fingerprint density at radius 2 is 1.88 bits per heavy atom. The number of rotatable bonds is 11. The second-order valence-corrected chi connectivity index (χ2v) is 14.9. The molecule has 2 amide bonds. The molecule has 0 radical (unpaired) electrons. The number of nitrogens with two attached hydrogens (primary N) is 2. The van der Waals surface area contributed by atoms with Gasteiger partial charge < -0.3 is 31.2 Å². The van der Waals surface area contributed by atoms with Gasteiger partial charge in [-0.05, 0) is 77.5 Å². The number of hydrogen-bond donors (Lipinski definition) is 3. The fourth-order valence-corrected chi connectivity index (χ4v) is 8.71. The first-order chi connectivity index (χ1) is 24.5. The summed E-state index contributed by atoms with van der Waals surface area (Å²) >= 11 is 1.34. The van der Waals surface area contributed by atoms with Crippen LogP contribution >= 0.6 is 11.3 Å². The monoisotopic (exact) mass is 724 g/mol. The summed E-state index contributed by atoms with van der Waals surface area (Å²) in [7, 11) is 0. The average Bonchev–Trinajstić information content (AvgIpc) is 3.75. The van der Waals surface area contributed by atoms with Crippen LogP contribution in [0, 0.1) is 6.92 Å². The van der Waals surface area contributed by atoms with Gasteiger partial charge in [0.15, 0.2) is 17.3 Å². The van der Waals surface area contributed by atoms with E-state index in [4.69, 9.17) is 20.9 Å². The average molecular weight is 725 g/mol. The van der Waals surface area contributed by atoms with Gasteiger partial charge >= 0.3 is 0 Å². The molecule has 2 bridgehead atoms. The van der Waals surface area contributed by atoms with Crippen LogP contribution in [0.2, 0.25) is 0 Å². The van der Waals surface area contributed by atoms with Crippen molar-refractivity contribution in [2.75, 3.05) is 30.3 Å². The van der Waals surface area contributed by atoms with Crippen LogP contribution in [-0.2, 0) is 0 Å². The highest BCUT2D eigenvalue weighted by molar-refractivity contribution is 7.13. The number of carbonyl (C=O) groups excluding carboxylic acids is 2. The van der Waals surface area contributed by atoms with Crippen molar-refractivity contribution in [2.45, 2.75) is 96.0 Å². The summed E-state index contributed by atoms with van der Waals surface area (Å²) < 4.78 is 39.1. The highest BCUT2D eigenvalue weighted by Gasteiger charge is 2.43. The number of carbonyl (C=O) groups is 2. The van der Waals surface area contributed by atoms with E-state index in [1.54, 1.807) is 4.52 Å². The topological polar surface area (TPSA) is 179 Å². The molecule has 7 heterocycles. The summed E-state index contributed by atoms with van der Waals surface area (Å²) in [5, 5.41) is 8.40. The molecular weight excluding hydrogens is 683 g/mol. The van der Waals surface area contributed by atoms with Gasteiger partial charge in [-0.1, -0.05) is 0 Å². The lowest BCUT2D eigenvalue weighted by Crippen LogP contribution is -2.49. The first-order valence-electron chi connectivity index (χ1n) is 17.3. The standard InChI is InChI=1S/C34H42F2N10O4S/c1-17(2)45-20-6-7-21(45)12-22(11-20)50-34-29(51-18(3)41-34)32(48)42-19-5-4-10-44(14-19)26-13-25(46-28(26)30(37)39-16-40-46)24-9-8-23(31(38)47)33(43-24)49-15-27(35)36/h8-9,13,16-17,19-22,27H,4-7,10-12,14-15H2,1-3H3,(H2,38,47)(H,42,48)(H2,37,39,40)/t19-,20?,21?,22?/m1/s1. The van der Waals surface area contributed by atoms with Crippen LogP contribution in [0.3, 0.4) is 0 Å². The number of alkyl halides is 2. The first-order valence-corrected chi connectivity index (χ1v) is 18.1. The van der Waals surface area contributed by atoms with Crippen molar-refractivity contribution < 1.29 is 27.8 Å². The fourth-order valence-electron chi connectivity index (χ4n) is 7.95. The molecule has 3 saturated heterocycles. The van der Waals surface area contributed by atoms with Crippen LogP contribution in [0.1, 0.15) is 77.4 Å². The Hall–Kier alpha value is -4.64. The van der Waals surface area contributed by atoms with Crippen molar-refractivity contribution in [3.8, 4) is 23.1 Å². The normalized spacial score (nSPS) is 22.2. The maximum absolute atomic E-state index is 13.8.